The third-order valence-electron chi connectivity index (χ3n) is 6.82. The van der Waals surface area contributed by atoms with Crippen LogP contribution in [0.4, 0.5) is 0 Å². The highest BCUT2D eigenvalue weighted by Gasteiger charge is 2.73. The van der Waals surface area contributed by atoms with Gasteiger partial charge in [0, 0.05) is 5.92 Å². The van der Waals surface area contributed by atoms with Gasteiger partial charge < -0.3 is 66.1 Å². The third-order valence-corrected chi connectivity index (χ3v) is 6.82. The fourth-order valence-corrected chi connectivity index (χ4v) is 4.97. The first-order valence-electron chi connectivity index (χ1n) is 9.96. The molecule has 15 heteroatoms. The van der Waals surface area contributed by atoms with Gasteiger partial charge in [-0.3, -0.25) is 4.99 Å². The summed E-state index contributed by atoms with van der Waals surface area (Å²) in [6.45, 7) is -1.87. The Kier molecular flexibility index (Phi) is 5.86. The number of guanidine groups is 1. The Morgan fingerprint density at radius 1 is 1.12 bits per heavy atom. The van der Waals surface area contributed by atoms with Crippen molar-refractivity contribution in [3.05, 3.63) is 0 Å². The topological polar surface area (TPSA) is 257 Å². The standard InChI is InChI=1S/C17H27N3O12/c18-15-19-1-4-9(25)16(29,12-10(26)17(4,20-15)11(27)13(28)32-12)3-30-14-8(24)7(23)6(22)5(2-21)31-14/h4-12,14,21-27,29H,1-3H2,(H3,18,19,20)/t4?,5?,6?,7?,8?,9?,10-,11-,12?,14?,16?,17?/m1/s1. The highest BCUT2D eigenvalue weighted by atomic mass is 16.7. The number of hydrogen-bond donors (Lipinski definition) is 10. The maximum Gasteiger partial charge on any atom is 0.338 e. The largest absolute Gasteiger partial charge is 0.454 e. The minimum atomic E-state index is -2.47. The normalized spacial score (nSPS) is 53.0. The Morgan fingerprint density at radius 3 is 2.47 bits per heavy atom. The Hall–Kier alpha value is -1.66. The molecule has 3 heterocycles. The van der Waals surface area contributed by atoms with E-state index in [0.717, 1.165) is 0 Å². The lowest BCUT2D eigenvalue weighted by atomic mass is 9.58. The summed E-state index contributed by atoms with van der Waals surface area (Å²) in [6.07, 6.45) is -15.4. The second kappa shape index (κ2) is 7.98. The van der Waals surface area contributed by atoms with Crippen LogP contribution in [-0.2, 0) is 19.0 Å². The Bertz CT molecular complexity index is 784. The van der Waals surface area contributed by atoms with Crippen molar-refractivity contribution in [2.75, 3.05) is 19.8 Å². The lowest BCUT2D eigenvalue weighted by Gasteiger charge is -2.62. The zero-order valence-electron chi connectivity index (χ0n) is 16.6. The molecule has 1 saturated carbocycles. The van der Waals surface area contributed by atoms with E-state index in [9.17, 15) is 45.6 Å². The van der Waals surface area contributed by atoms with Gasteiger partial charge in [0.15, 0.2) is 30.1 Å². The van der Waals surface area contributed by atoms with E-state index in [1.54, 1.807) is 0 Å². The number of carbonyl (C=O) groups is 1. The number of nitrogens with one attached hydrogen (secondary N) is 1. The van der Waals surface area contributed by atoms with E-state index in [2.05, 4.69) is 10.3 Å². The van der Waals surface area contributed by atoms with Gasteiger partial charge in [0.2, 0.25) is 0 Å². The van der Waals surface area contributed by atoms with Crippen LogP contribution in [0, 0.1) is 5.92 Å². The summed E-state index contributed by atoms with van der Waals surface area (Å²) in [5.74, 6) is -2.60. The molecular formula is C17H27N3O12. The number of nitrogens with two attached hydrogens (primary N) is 1. The van der Waals surface area contributed by atoms with Crippen LogP contribution in [0.3, 0.4) is 0 Å². The third kappa shape index (κ3) is 3.12. The maximum absolute atomic E-state index is 12.3. The number of aliphatic hydroxyl groups is 8. The molecule has 10 unspecified atom stereocenters. The second-order valence-corrected chi connectivity index (χ2v) is 8.54. The Labute approximate surface area is 180 Å². The predicted octanol–water partition coefficient (Wildman–Crippen LogP) is -7.17. The number of carbonyl (C=O) groups excluding carboxylic acids is 1. The van der Waals surface area contributed by atoms with Crippen LogP contribution in [0.1, 0.15) is 0 Å². The minimum Gasteiger partial charge on any atom is -0.454 e. The van der Waals surface area contributed by atoms with E-state index in [1.165, 1.54) is 0 Å². The number of rotatable bonds is 4. The zero-order valence-corrected chi connectivity index (χ0v) is 16.6. The Morgan fingerprint density at radius 2 is 1.81 bits per heavy atom. The molecule has 0 aromatic carbocycles. The van der Waals surface area contributed by atoms with Crippen molar-refractivity contribution in [2.45, 2.75) is 66.3 Å². The van der Waals surface area contributed by atoms with Gasteiger partial charge in [-0.15, -0.1) is 0 Å². The van der Waals surface area contributed by atoms with E-state index in [-0.39, 0.29) is 12.5 Å². The molecule has 2 bridgehead atoms. The van der Waals surface area contributed by atoms with Crippen molar-refractivity contribution in [3.63, 3.8) is 0 Å². The van der Waals surface area contributed by atoms with E-state index in [4.69, 9.17) is 19.9 Å². The quantitative estimate of drug-likeness (QED) is 0.173. The summed E-state index contributed by atoms with van der Waals surface area (Å²) in [6, 6.07) is 0. The summed E-state index contributed by atoms with van der Waals surface area (Å²) >= 11 is 0. The number of hydrogen-bond acceptors (Lipinski definition) is 15. The van der Waals surface area contributed by atoms with Crippen LogP contribution in [0.2, 0.25) is 0 Å². The molecule has 12 atom stereocenters. The number of aliphatic imine (C=N–C) groups is 1. The molecule has 32 heavy (non-hydrogen) atoms. The summed E-state index contributed by atoms with van der Waals surface area (Å²) in [4.78, 5) is 16.2. The van der Waals surface area contributed by atoms with E-state index in [1.807, 2.05) is 0 Å². The fourth-order valence-electron chi connectivity index (χ4n) is 4.97. The molecule has 4 aliphatic rings. The molecule has 3 aliphatic heterocycles. The molecule has 0 radical (unpaired) electrons. The molecule has 0 aromatic heterocycles. The number of aliphatic hydroxyl groups excluding tert-OH is 7. The van der Waals surface area contributed by atoms with Gasteiger partial charge in [-0.25, -0.2) is 4.79 Å². The SMILES string of the molecule is NC1=NCC2C(O)C(O)(COC3OC(CO)C(O)C(O)C3O)C3OC(=O)[C@@H](O)C2(N1)[C@@H]3O. The second-order valence-electron chi connectivity index (χ2n) is 8.54. The van der Waals surface area contributed by atoms with Gasteiger partial charge in [-0.05, 0) is 0 Å². The number of nitrogens with zero attached hydrogens (tertiary/aromatic N) is 1. The lowest BCUT2D eigenvalue weighted by Crippen LogP contribution is -2.87. The first-order valence-corrected chi connectivity index (χ1v) is 9.96. The summed E-state index contributed by atoms with van der Waals surface area (Å²) in [5.41, 5.74) is 1.31. The molecular weight excluding hydrogens is 438 g/mol. The summed E-state index contributed by atoms with van der Waals surface area (Å²) in [7, 11) is 0. The maximum atomic E-state index is 12.3. The van der Waals surface area contributed by atoms with E-state index in [0.29, 0.717) is 0 Å². The van der Waals surface area contributed by atoms with Gasteiger partial charge in [0.25, 0.3) is 0 Å². The smallest absolute Gasteiger partial charge is 0.338 e. The van der Waals surface area contributed by atoms with E-state index >= 15 is 0 Å². The van der Waals surface area contributed by atoms with Crippen molar-refractivity contribution in [1.82, 2.24) is 5.32 Å². The number of esters is 1. The average molecular weight is 465 g/mol. The highest BCUT2D eigenvalue weighted by molar-refractivity contribution is 5.84. The fraction of sp³-hybridized carbons (Fsp3) is 0.882. The summed E-state index contributed by atoms with van der Waals surface area (Å²) in [5, 5.41) is 85.4. The molecule has 2 saturated heterocycles. The minimum absolute atomic E-state index is 0.192. The van der Waals surface area contributed by atoms with Crippen LogP contribution >= 0.6 is 0 Å². The first kappa shape index (κ1) is 23.5. The average Bonchev–Trinajstić information content (AvgIpc) is 2.77. The zero-order chi connectivity index (χ0) is 23.6. The molecule has 15 nitrogen and oxygen atoms in total. The first-order chi connectivity index (χ1) is 15.0. The van der Waals surface area contributed by atoms with Gasteiger partial charge in [0.1, 0.15) is 36.1 Å². The summed E-state index contributed by atoms with van der Waals surface area (Å²) < 4.78 is 15.6. The van der Waals surface area contributed by atoms with Crippen molar-refractivity contribution in [3.8, 4) is 0 Å². The Balaban J connectivity index is 1.61. The van der Waals surface area contributed by atoms with Crippen LogP contribution in [0.15, 0.2) is 4.99 Å². The predicted molar refractivity (Wildman–Crippen MR) is 98.4 cm³/mol. The van der Waals surface area contributed by atoms with Gasteiger partial charge >= 0.3 is 5.97 Å². The van der Waals surface area contributed by atoms with Crippen molar-refractivity contribution in [2.24, 2.45) is 16.6 Å². The molecule has 4 rings (SSSR count). The molecule has 0 amide bonds. The van der Waals surface area contributed by atoms with Gasteiger partial charge in [-0.1, -0.05) is 0 Å². The van der Waals surface area contributed by atoms with Crippen LogP contribution in [0.5, 0.6) is 0 Å². The highest BCUT2D eigenvalue weighted by Crippen LogP contribution is 2.48. The molecule has 3 fully saturated rings. The van der Waals surface area contributed by atoms with Gasteiger partial charge in [0.05, 0.1) is 25.9 Å². The molecule has 11 N–H and O–H groups in total. The van der Waals surface area contributed by atoms with E-state index < -0.39 is 91.4 Å². The molecule has 182 valence electrons. The van der Waals surface area contributed by atoms with Crippen molar-refractivity contribution < 1.29 is 59.9 Å². The number of ether oxygens (including phenoxy) is 3. The lowest BCUT2D eigenvalue weighted by molar-refractivity contribution is -0.336. The molecule has 1 spiro atoms. The molecule has 0 aromatic rings. The van der Waals surface area contributed by atoms with Crippen molar-refractivity contribution in [1.29, 1.82) is 0 Å². The number of fused-ring (bicyclic) bond motifs is 1. The monoisotopic (exact) mass is 465 g/mol. The van der Waals surface area contributed by atoms with Crippen LogP contribution < -0.4 is 11.1 Å². The van der Waals surface area contributed by atoms with Gasteiger partial charge in [-0.2, -0.15) is 0 Å². The molecule has 1 aliphatic carbocycles. The van der Waals surface area contributed by atoms with Crippen molar-refractivity contribution >= 4 is 11.9 Å². The van der Waals surface area contributed by atoms with Crippen LogP contribution in [-0.4, -0.2) is 139 Å². The van der Waals surface area contributed by atoms with Crippen LogP contribution in [0.25, 0.3) is 0 Å².